The van der Waals surface area contributed by atoms with Gasteiger partial charge in [0.25, 0.3) is 0 Å². The fourth-order valence-electron chi connectivity index (χ4n) is 2.21. The maximum Gasteiger partial charge on any atom is 0.234 e. The summed E-state index contributed by atoms with van der Waals surface area (Å²) in [6.07, 6.45) is 1.60. The van der Waals surface area contributed by atoms with E-state index in [9.17, 15) is 8.42 Å². The number of nitrogens with one attached hydrogen (secondary N) is 1. The summed E-state index contributed by atoms with van der Waals surface area (Å²) in [7, 11) is -3.86. The summed E-state index contributed by atoms with van der Waals surface area (Å²) in [6, 6.07) is 13.1. The molecule has 3 aromatic rings. The van der Waals surface area contributed by atoms with Crippen molar-refractivity contribution < 1.29 is 12.8 Å². The van der Waals surface area contributed by atoms with E-state index >= 15 is 0 Å². The van der Waals surface area contributed by atoms with Crippen molar-refractivity contribution in [1.29, 1.82) is 0 Å². The second kappa shape index (κ2) is 7.65. The normalized spacial score (nSPS) is 11.3. The van der Waals surface area contributed by atoms with Crippen LogP contribution >= 0.6 is 27.5 Å². The summed E-state index contributed by atoms with van der Waals surface area (Å²) in [4.78, 5) is 4.35. The Morgan fingerprint density at radius 3 is 2.42 bits per heavy atom. The minimum Gasteiger partial charge on any atom is -0.419 e. The number of halogens is 2. The van der Waals surface area contributed by atoms with Crippen LogP contribution in [0.25, 0.3) is 11.5 Å². The zero-order valence-corrected chi connectivity index (χ0v) is 16.6. The molecule has 0 aliphatic heterocycles. The molecule has 134 valence electrons. The number of sulfone groups is 1. The van der Waals surface area contributed by atoms with Gasteiger partial charge in [0.1, 0.15) is 0 Å². The van der Waals surface area contributed by atoms with Gasteiger partial charge in [-0.25, -0.2) is 8.42 Å². The summed E-state index contributed by atoms with van der Waals surface area (Å²) in [5.74, 6) is 0.252. The van der Waals surface area contributed by atoms with E-state index in [1.165, 1.54) is 12.1 Å². The van der Waals surface area contributed by atoms with Gasteiger partial charge in [-0.1, -0.05) is 33.6 Å². The lowest BCUT2D eigenvalue weighted by atomic mass is 10.2. The minimum absolute atomic E-state index is 0.0674. The fraction of sp³-hybridized carbons (Fsp3) is 0.0556. The largest absolute Gasteiger partial charge is 0.419 e. The molecule has 1 heterocycles. The van der Waals surface area contributed by atoms with Crippen LogP contribution in [0.15, 0.2) is 80.0 Å². The molecule has 0 fully saturated rings. The molecule has 0 aliphatic rings. The first-order valence-electron chi connectivity index (χ1n) is 7.54. The predicted octanol–water partition coefficient (Wildman–Crippen LogP) is 5.19. The molecule has 1 N–H and O–H groups in total. The zero-order chi connectivity index (χ0) is 18.7. The van der Waals surface area contributed by atoms with E-state index in [-0.39, 0.29) is 21.7 Å². The molecular weight excluding hydrogens is 440 g/mol. The van der Waals surface area contributed by atoms with Gasteiger partial charge in [-0.05, 0) is 48.5 Å². The van der Waals surface area contributed by atoms with Gasteiger partial charge in [0, 0.05) is 21.6 Å². The van der Waals surface area contributed by atoms with E-state index in [1.54, 1.807) is 42.5 Å². The third kappa shape index (κ3) is 3.85. The van der Waals surface area contributed by atoms with Gasteiger partial charge in [0.15, 0.2) is 0 Å². The van der Waals surface area contributed by atoms with Gasteiger partial charge in [0.2, 0.25) is 26.6 Å². The molecule has 0 bridgehead atoms. The van der Waals surface area contributed by atoms with E-state index in [2.05, 4.69) is 32.8 Å². The molecule has 0 spiro atoms. The Balaban J connectivity index is 2.10. The Bertz CT molecular complexity index is 1030. The number of anilines is 1. The lowest BCUT2D eigenvalue weighted by molar-refractivity contribution is 0.579. The van der Waals surface area contributed by atoms with Crippen LogP contribution in [0.3, 0.4) is 0 Å². The van der Waals surface area contributed by atoms with Crippen molar-refractivity contribution in [3.8, 4) is 11.5 Å². The van der Waals surface area contributed by atoms with Crippen LogP contribution in [0.2, 0.25) is 5.02 Å². The number of aromatic nitrogens is 1. The third-order valence-electron chi connectivity index (χ3n) is 3.47. The lowest BCUT2D eigenvalue weighted by Crippen LogP contribution is -2.07. The van der Waals surface area contributed by atoms with Gasteiger partial charge < -0.3 is 9.73 Å². The third-order valence-corrected chi connectivity index (χ3v) is 5.93. The van der Waals surface area contributed by atoms with Crippen molar-refractivity contribution in [3.05, 3.63) is 70.7 Å². The van der Waals surface area contributed by atoms with Gasteiger partial charge >= 0.3 is 0 Å². The Kier molecular flexibility index (Phi) is 5.50. The molecule has 26 heavy (non-hydrogen) atoms. The quantitative estimate of drug-likeness (QED) is 0.520. The Morgan fingerprint density at radius 1 is 1.15 bits per heavy atom. The van der Waals surface area contributed by atoms with E-state index in [0.29, 0.717) is 17.1 Å². The van der Waals surface area contributed by atoms with Crippen LogP contribution in [-0.4, -0.2) is 19.9 Å². The smallest absolute Gasteiger partial charge is 0.234 e. The van der Waals surface area contributed by atoms with Gasteiger partial charge in [-0.3, -0.25) is 0 Å². The van der Waals surface area contributed by atoms with E-state index in [4.69, 9.17) is 16.0 Å². The van der Waals surface area contributed by atoms with E-state index < -0.39 is 9.84 Å². The molecule has 0 radical (unpaired) electrons. The summed E-state index contributed by atoms with van der Waals surface area (Å²) in [5, 5.41) is 3.28. The highest BCUT2D eigenvalue weighted by molar-refractivity contribution is 9.10. The number of hydrogen-bond donors (Lipinski definition) is 1. The number of hydrogen-bond acceptors (Lipinski definition) is 5. The summed E-state index contributed by atoms with van der Waals surface area (Å²) < 4.78 is 32.5. The summed E-state index contributed by atoms with van der Waals surface area (Å²) in [5.41, 5.74) is 0.619. The lowest BCUT2D eigenvalue weighted by Gasteiger charge is -2.04. The Morgan fingerprint density at radius 2 is 1.81 bits per heavy atom. The molecule has 0 saturated heterocycles. The molecule has 8 heteroatoms. The van der Waals surface area contributed by atoms with Gasteiger partial charge in [0.05, 0.1) is 4.90 Å². The highest BCUT2D eigenvalue weighted by Crippen LogP contribution is 2.33. The molecule has 0 unspecified atom stereocenters. The molecule has 5 nitrogen and oxygen atoms in total. The fourth-order valence-corrected chi connectivity index (χ4v) is 3.88. The first-order valence-corrected chi connectivity index (χ1v) is 10.2. The van der Waals surface area contributed by atoms with Crippen LogP contribution in [0.1, 0.15) is 0 Å². The van der Waals surface area contributed by atoms with Crippen LogP contribution in [0, 0.1) is 0 Å². The second-order valence-electron chi connectivity index (χ2n) is 5.29. The maximum absolute atomic E-state index is 13.0. The molecule has 0 amide bonds. The highest BCUT2D eigenvalue weighted by Gasteiger charge is 2.28. The topological polar surface area (TPSA) is 72.2 Å². The van der Waals surface area contributed by atoms with Crippen LogP contribution < -0.4 is 5.32 Å². The summed E-state index contributed by atoms with van der Waals surface area (Å²) in [6.45, 7) is 3.95. The molecule has 1 aromatic heterocycles. The Labute approximate surface area is 164 Å². The second-order valence-corrected chi connectivity index (χ2v) is 8.50. The van der Waals surface area contributed by atoms with Crippen molar-refractivity contribution >= 4 is 43.3 Å². The SMILES string of the molecule is C=CCNc1oc(-c2ccc(Cl)cc2)nc1S(=O)(=O)c1ccc(Br)cc1. The van der Waals surface area contributed by atoms with Crippen LogP contribution in [0.5, 0.6) is 0 Å². The highest BCUT2D eigenvalue weighted by atomic mass is 79.9. The number of rotatable bonds is 6. The minimum atomic E-state index is -3.86. The van der Waals surface area contributed by atoms with Crippen molar-refractivity contribution in [2.24, 2.45) is 0 Å². The first kappa shape index (κ1) is 18.7. The van der Waals surface area contributed by atoms with Crippen molar-refractivity contribution in [2.45, 2.75) is 9.92 Å². The van der Waals surface area contributed by atoms with Crippen molar-refractivity contribution in [2.75, 3.05) is 11.9 Å². The van der Waals surface area contributed by atoms with Crippen LogP contribution in [0.4, 0.5) is 5.88 Å². The van der Waals surface area contributed by atoms with E-state index in [0.717, 1.165) is 4.47 Å². The van der Waals surface area contributed by atoms with Crippen LogP contribution in [-0.2, 0) is 9.84 Å². The molecule has 2 aromatic carbocycles. The molecule has 0 atom stereocenters. The predicted molar refractivity (Wildman–Crippen MR) is 105 cm³/mol. The van der Waals surface area contributed by atoms with E-state index in [1.807, 2.05) is 0 Å². The first-order chi connectivity index (χ1) is 12.4. The Hall–Kier alpha value is -2.09. The number of oxazole rings is 1. The van der Waals surface area contributed by atoms with Gasteiger partial charge in [-0.2, -0.15) is 4.98 Å². The monoisotopic (exact) mass is 452 g/mol. The zero-order valence-electron chi connectivity index (χ0n) is 13.4. The molecule has 0 aliphatic carbocycles. The van der Waals surface area contributed by atoms with Gasteiger partial charge in [-0.15, -0.1) is 6.58 Å². The molecule has 3 rings (SSSR count). The standard InChI is InChI=1S/C18H14BrClN2O3S/c1-2-11-21-17-18(26(23,24)15-9-5-13(19)6-10-15)22-16(25-17)12-3-7-14(20)8-4-12/h2-10,21H,1,11H2. The molecule has 0 saturated carbocycles. The molecular formula is C18H14BrClN2O3S. The average molecular weight is 454 g/mol. The van der Waals surface area contributed by atoms with Crippen molar-refractivity contribution in [3.63, 3.8) is 0 Å². The van der Waals surface area contributed by atoms with Crippen molar-refractivity contribution in [1.82, 2.24) is 4.98 Å². The average Bonchev–Trinajstić information content (AvgIpc) is 3.06. The summed E-state index contributed by atoms with van der Waals surface area (Å²) >= 11 is 9.19. The number of nitrogens with zero attached hydrogens (tertiary/aromatic N) is 1. The number of benzene rings is 2. The maximum atomic E-state index is 13.0.